The maximum atomic E-state index is 12.4. The first-order valence-electron chi connectivity index (χ1n) is 7.10. The molecule has 1 aliphatic rings. The molecule has 1 N–H and O–H groups in total. The van der Waals surface area contributed by atoms with Crippen molar-refractivity contribution in [3.05, 3.63) is 46.1 Å². The first-order chi connectivity index (χ1) is 11.1. The zero-order valence-electron chi connectivity index (χ0n) is 12.2. The van der Waals surface area contributed by atoms with Gasteiger partial charge in [0.05, 0.1) is 28.0 Å². The van der Waals surface area contributed by atoms with Crippen LogP contribution in [0.25, 0.3) is 0 Å². The first kappa shape index (κ1) is 17.0. The summed E-state index contributed by atoms with van der Waals surface area (Å²) in [6.07, 6.45) is 1.66. The molecule has 1 aromatic heterocycles. The Morgan fingerprint density at radius 1 is 1.35 bits per heavy atom. The molecule has 122 valence electrons. The third-order valence-corrected chi connectivity index (χ3v) is 7.04. The van der Waals surface area contributed by atoms with Crippen molar-refractivity contribution in [3.63, 3.8) is 0 Å². The van der Waals surface area contributed by atoms with Crippen molar-refractivity contribution in [1.29, 1.82) is 0 Å². The van der Waals surface area contributed by atoms with Crippen molar-refractivity contribution >= 4 is 58.5 Å². The maximum Gasteiger partial charge on any atom is 0.239 e. The molecule has 23 heavy (non-hydrogen) atoms. The second-order valence-corrected chi connectivity index (χ2v) is 8.26. The molecule has 2 heterocycles. The molecular weight excluding hydrogens is 373 g/mol. The Morgan fingerprint density at radius 3 is 3.00 bits per heavy atom. The number of aromatic nitrogens is 2. The fourth-order valence-electron chi connectivity index (χ4n) is 2.24. The number of halogens is 2. The van der Waals surface area contributed by atoms with Gasteiger partial charge in [-0.1, -0.05) is 35.3 Å². The van der Waals surface area contributed by atoms with Crippen molar-refractivity contribution in [2.45, 2.75) is 11.8 Å². The highest BCUT2D eigenvalue weighted by Crippen LogP contribution is 2.27. The van der Waals surface area contributed by atoms with Crippen LogP contribution in [-0.2, 0) is 11.3 Å². The van der Waals surface area contributed by atoms with E-state index in [2.05, 4.69) is 10.4 Å². The molecule has 1 aromatic carbocycles. The molecule has 3 rings (SSSR count). The van der Waals surface area contributed by atoms with Crippen LogP contribution in [0.1, 0.15) is 5.56 Å². The van der Waals surface area contributed by atoms with Crippen LogP contribution in [0.3, 0.4) is 0 Å². The molecular formula is C15H15Cl2N3OS2. The number of rotatable bonds is 4. The van der Waals surface area contributed by atoms with Crippen molar-refractivity contribution in [2.75, 3.05) is 22.6 Å². The zero-order chi connectivity index (χ0) is 16.2. The smallest absolute Gasteiger partial charge is 0.239 e. The van der Waals surface area contributed by atoms with E-state index in [9.17, 15) is 4.79 Å². The topological polar surface area (TPSA) is 46.9 Å². The van der Waals surface area contributed by atoms with Crippen LogP contribution in [0, 0.1) is 0 Å². The molecule has 2 aromatic rings. The number of hydrogen-bond donors (Lipinski definition) is 1. The van der Waals surface area contributed by atoms with E-state index in [1.54, 1.807) is 34.8 Å². The van der Waals surface area contributed by atoms with E-state index in [-0.39, 0.29) is 11.2 Å². The number of nitrogens with zero attached hydrogens (tertiary/aromatic N) is 2. The van der Waals surface area contributed by atoms with Gasteiger partial charge in [-0.15, -0.1) is 11.8 Å². The maximum absolute atomic E-state index is 12.4. The van der Waals surface area contributed by atoms with E-state index in [4.69, 9.17) is 23.2 Å². The molecule has 4 nitrogen and oxygen atoms in total. The average Bonchev–Trinajstić information content (AvgIpc) is 2.99. The highest BCUT2D eigenvalue weighted by molar-refractivity contribution is 8.07. The molecule has 1 atom stereocenters. The number of carbonyl (C=O) groups is 1. The molecule has 1 fully saturated rings. The summed E-state index contributed by atoms with van der Waals surface area (Å²) in [5, 5.41) is 8.25. The molecule has 0 spiro atoms. The molecule has 0 aliphatic carbocycles. The summed E-state index contributed by atoms with van der Waals surface area (Å²) in [6.45, 7) is 0.453. The average molecular weight is 388 g/mol. The predicted octanol–water partition coefficient (Wildman–Crippen LogP) is 4.03. The van der Waals surface area contributed by atoms with Crippen molar-refractivity contribution in [2.24, 2.45) is 0 Å². The van der Waals surface area contributed by atoms with Gasteiger partial charge >= 0.3 is 0 Å². The number of nitrogens with one attached hydrogen (secondary N) is 1. The molecule has 1 unspecified atom stereocenters. The Balaban J connectivity index is 1.72. The van der Waals surface area contributed by atoms with Crippen molar-refractivity contribution in [1.82, 2.24) is 9.78 Å². The lowest BCUT2D eigenvalue weighted by Gasteiger charge is -2.20. The predicted molar refractivity (Wildman–Crippen MR) is 100.0 cm³/mol. The Morgan fingerprint density at radius 2 is 2.22 bits per heavy atom. The lowest BCUT2D eigenvalue weighted by Crippen LogP contribution is -2.31. The van der Waals surface area contributed by atoms with Gasteiger partial charge < -0.3 is 5.32 Å². The van der Waals surface area contributed by atoms with E-state index < -0.39 is 0 Å². The summed E-state index contributed by atoms with van der Waals surface area (Å²) in [5.74, 6) is 3.67. The fourth-order valence-corrected chi connectivity index (χ4v) is 5.18. The van der Waals surface area contributed by atoms with Gasteiger partial charge in [0.1, 0.15) is 5.82 Å². The van der Waals surface area contributed by atoms with Crippen LogP contribution >= 0.6 is 46.7 Å². The molecule has 0 bridgehead atoms. The summed E-state index contributed by atoms with van der Waals surface area (Å²) >= 11 is 15.8. The number of anilines is 1. The Labute approximate surface area is 153 Å². The van der Waals surface area contributed by atoms with E-state index in [0.717, 1.165) is 22.8 Å². The minimum Gasteiger partial charge on any atom is -0.310 e. The first-order valence-corrected chi connectivity index (χ1v) is 10.1. The second-order valence-electron chi connectivity index (χ2n) is 5.01. The highest BCUT2D eigenvalue weighted by atomic mass is 35.5. The highest BCUT2D eigenvalue weighted by Gasteiger charge is 2.23. The number of hydrogen-bond acceptors (Lipinski definition) is 4. The Bertz CT molecular complexity index is 702. The molecule has 1 saturated heterocycles. The normalized spacial score (nSPS) is 17.9. The lowest BCUT2D eigenvalue weighted by molar-refractivity contribution is -0.115. The van der Waals surface area contributed by atoms with Crippen LogP contribution in [0.15, 0.2) is 30.5 Å². The van der Waals surface area contributed by atoms with Crippen LogP contribution in [0.5, 0.6) is 0 Å². The van der Waals surface area contributed by atoms with Gasteiger partial charge in [-0.05, 0) is 11.6 Å². The summed E-state index contributed by atoms with van der Waals surface area (Å²) < 4.78 is 1.72. The molecule has 0 saturated carbocycles. The number of amides is 1. The fraction of sp³-hybridized carbons (Fsp3) is 0.333. The minimum absolute atomic E-state index is 0.00754. The Hall–Kier alpha value is -0.820. The van der Waals surface area contributed by atoms with Gasteiger partial charge in [0.15, 0.2) is 0 Å². The molecule has 0 radical (unpaired) electrons. The monoisotopic (exact) mass is 387 g/mol. The van der Waals surface area contributed by atoms with Gasteiger partial charge in [0.2, 0.25) is 5.91 Å². The van der Waals surface area contributed by atoms with Crippen molar-refractivity contribution in [3.8, 4) is 0 Å². The third kappa shape index (κ3) is 4.18. The van der Waals surface area contributed by atoms with Crippen LogP contribution in [0.2, 0.25) is 10.0 Å². The molecule has 8 heteroatoms. The van der Waals surface area contributed by atoms with E-state index in [1.807, 2.05) is 23.9 Å². The van der Waals surface area contributed by atoms with Gasteiger partial charge in [-0.2, -0.15) is 16.9 Å². The van der Waals surface area contributed by atoms with Gasteiger partial charge in [-0.25, -0.2) is 4.68 Å². The van der Waals surface area contributed by atoms with Gasteiger partial charge in [0.25, 0.3) is 0 Å². The van der Waals surface area contributed by atoms with Gasteiger partial charge in [-0.3, -0.25) is 4.79 Å². The van der Waals surface area contributed by atoms with Crippen LogP contribution in [0.4, 0.5) is 5.82 Å². The van der Waals surface area contributed by atoms with E-state index in [1.165, 1.54) is 0 Å². The quantitative estimate of drug-likeness (QED) is 0.859. The standard InChI is InChI=1S/C15H15Cl2N3OS2/c16-11-3-1-2-10(14(11)17)8-20-13(4-5-18-20)19-15(21)12-9-22-6-7-23-12/h1-5,12H,6-9H2,(H,19,21). The third-order valence-electron chi connectivity index (χ3n) is 3.43. The number of benzene rings is 1. The van der Waals surface area contributed by atoms with E-state index in [0.29, 0.717) is 22.4 Å². The largest absolute Gasteiger partial charge is 0.310 e. The molecule has 1 amide bonds. The number of carbonyl (C=O) groups excluding carboxylic acids is 1. The van der Waals surface area contributed by atoms with E-state index >= 15 is 0 Å². The SMILES string of the molecule is O=C(Nc1ccnn1Cc1cccc(Cl)c1Cl)C1CSCCS1. The lowest BCUT2D eigenvalue weighted by atomic mass is 10.2. The minimum atomic E-state index is -0.00754. The summed E-state index contributed by atoms with van der Waals surface area (Å²) in [6, 6.07) is 7.28. The summed E-state index contributed by atoms with van der Waals surface area (Å²) in [4.78, 5) is 12.4. The zero-order valence-corrected chi connectivity index (χ0v) is 15.3. The summed E-state index contributed by atoms with van der Waals surface area (Å²) in [5.41, 5.74) is 0.862. The number of thioether (sulfide) groups is 2. The summed E-state index contributed by atoms with van der Waals surface area (Å²) in [7, 11) is 0. The molecule has 1 aliphatic heterocycles. The Kier molecular flexibility index (Phi) is 5.80. The van der Waals surface area contributed by atoms with Crippen LogP contribution in [-0.4, -0.2) is 38.2 Å². The van der Waals surface area contributed by atoms with Crippen LogP contribution < -0.4 is 5.32 Å². The van der Waals surface area contributed by atoms with Gasteiger partial charge in [0, 0.05) is 23.3 Å². The van der Waals surface area contributed by atoms with Crippen molar-refractivity contribution < 1.29 is 4.79 Å². The second kappa shape index (κ2) is 7.83.